The highest BCUT2D eigenvalue weighted by Crippen LogP contribution is 2.21. The lowest BCUT2D eigenvalue weighted by Gasteiger charge is -2.17. The number of nitrogens with one attached hydrogen (secondary N) is 1. The fraction of sp³-hybridized carbons (Fsp3) is 0.158. The van der Waals surface area contributed by atoms with E-state index in [1.807, 2.05) is 49.4 Å². The number of carbonyl (C=O) groups is 2. The monoisotopic (exact) mass is 366 g/mol. The van der Waals surface area contributed by atoms with Crippen LogP contribution in [0.2, 0.25) is 0 Å². The van der Waals surface area contributed by atoms with Crippen LogP contribution in [0.5, 0.6) is 0 Å². The predicted molar refractivity (Wildman–Crippen MR) is 103 cm³/mol. The highest BCUT2D eigenvalue weighted by molar-refractivity contribution is 7.99. The fourth-order valence-corrected chi connectivity index (χ4v) is 3.11. The molecule has 0 spiro atoms. The molecule has 3 amide bonds. The summed E-state index contributed by atoms with van der Waals surface area (Å²) in [5, 5.41) is 3.07. The first-order valence-corrected chi connectivity index (χ1v) is 9.02. The number of thioether (sulfide) groups is 1. The van der Waals surface area contributed by atoms with Crippen LogP contribution in [-0.2, 0) is 4.79 Å². The summed E-state index contributed by atoms with van der Waals surface area (Å²) in [4.78, 5) is 34.7. The van der Waals surface area contributed by atoms with E-state index in [0.29, 0.717) is 10.7 Å². The molecule has 3 rings (SSSR count). The van der Waals surface area contributed by atoms with Gasteiger partial charge in [-0.05, 0) is 31.2 Å². The molecule has 0 atom stereocenters. The summed E-state index contributed by atoms with van der Waals surface area (Å²) >= 11 is 1.26. The van der Waals surface area contributed by atoms with E-state index in [0.717, 1.165) is 16.7 Å². The number of carbonyl (C=O) groups excluding carboxylic acids is 2. The Morgan fingerprint density at radius 2 is 1.62 bits per heavy atom. The van der Waals surface area contributed by atoms with E-state index in [1.165, 1.54) is 16.7 Å². The molecule has 0 fully saturated rings. The number of amides is 3. The van der Waals surface area contributed by atoms with Gasteiger partial charge >= 0.3 is 6.03 Å². The summed E-state index contributed by atoms with van der Waals surface area (Å²) in [6.07, 6.45) is 0. The van der Waals surface area contributed by atoms with Gasteiger partial charge in [-0.25, -0.2) is 14.8 Å². The highest BCUT2D eigenvalue weighted by Gasteiger charge is 2.15. The third-order valence-corrected chi connectivity index (χ3v) is 4.80. The predicted octanol–water partition coefficient (Wildman–Crippen LogP) is 3.40. The van der Waals surface area contributed by atoms with Gasteiger partial charge in [0.1, 0.15) is 5.03 Å². The summed E-state index contributed by atoms with van der Waals surface area (Å²) < 4.78 is 0. The van der Waals surface area contributed by atoms with Crippen LogP contribution in [0.3, 0.4) is 0 Å². The van der Waals surface area contributed by atoms with Gasteiger partial charge in [-0.3, -0.25) is 15.0 Å². The number of benzene rings is 2. The quantitative estimate of drug-likeness (QED) is 0.716. The normalized spacial score (nSPS) is 10.5. The minimum Gasteiger partial charge on any atom is -0.297 e. The van der Waals surface area contributed by atoms with Gasteiger partial charge in [-0.1, -0.05) is 42.1 Å². The van der Waals surface area contributed by atoms with Gasteiger partial charge in [0.15, 0.2) is 0 Å². The van der Waals surface area contributed by atoms with Crippen LogP contribution in [0.1, 0.15) is 5.69 Å². The molecule has 0 saturated carbocycles. The Morgan fingerprint density at radius 3 is 2.31 bits per heavy atom. The van der Waals surface area contributed by atoms with E-state index < -0.39 is 6.03 Å². The second-order valence-electron chi connectivity index (χ2n) is 5.64. The molecular weight excluding hydrogens is 348 g/mol. The smallest absolute Gasteiger partial charge is 0.297 e. The molecule has 0 saturated heterocycles. The van der Waals surface area contributed by atoms with E-state index in [-0.39, 0.29) is 11.7 Å². The topological polar surface area (TPSA) is 75.2 Å². The first kappa shape index (κ1) is 17.9. The summed E-state index contributed by atoms with van der Waals surface area (Å²) in [6.45, 7) is 1.86. The van der Waals surface area contributed by atoms with Crippen molar-refractivity contribution >= 4 is 40.4 Å². The van der Waals surface area contributed by atoms with Crippen LogP contribution in [0.25, 0.3) is 11.0 Å². The van der Waals surface area contributed by atoms with Crippen molar-refractivity contribution in [2.24, 2.45) is 0 Å². The van der Waals surface area contributed by atoms with E-state index in [9.17, 15) is 9.59 Å². The zero-order chi connectivity index (χ0) is 18.5. The van der Waals surface area contributed by atoms with Crippen molar-refractivity contribution in [1.82, 2.24) is 15.3 Å². The number of rotatable bonds is 4. The lowest BCUT2D eigenvalue weighted by molar-refractivity contribution is -0.117. The third kappa shape index (κ3) is 4.18. The van der Waals surface area contributed by atoms with Gasteiger partial charge in [0.05, 0.1) is 22.5 Å². The van der Waals surface area contributed by atoms with E-state index in [1.54, 1.807) is 19.2 Å². The van der Waals surface area contributed by atoms with E-state index >= 15 is 0 Å². The van der Waals surface area contributed by atoms with Gasteiger partial charge in [0, 0.05) is 12.7 Å². The molecule has 26 heavy (non-hydrogen) atoms. The molecule has 3 aromatic rings. The van der Waals surface area contributed by atoms with Gasteiger partial charge in [0.25, 0.3) is 0 Å². The van der Waals surface area contributed by atoms with Crippen molar-refractivity contribution < 1.29 is 9.59 Å². The molecule has 0 aliphatic rings. The molecule has 0 bridgehead atoms. The second-order valence-corrected chi connectivity index (χ2v) is 6.60. The summed E-state index contributed by atoms with van der Waals surface area (Å²) in [5.74, 6) is -0.292. The van der Waals surface area contributed by atoms with Crippen LogP contribution in [0.4, 0.5) is 10.5 Å². The van der Waals surface area contributed by atoms with E-state index in [2.05, 4.69) is 15.3 Å². The second kappa shape index (κ2) is 7.97. The minimum absolute atomic E-state index is 0.0855. The van der Waals surface area contributed by atoms with Gasteiger partial charge < -0.3 is 0 Å². The lowest BCUT2D eigenvalue weighted by atomic mass is 10.3. The van der Waals surface area contributed by atoms with Crippen molar-refractivity contribution in [2.45, 2.75) is 11.9 Å². The SMILES string of the molecule is Cc1nc2ccccc2nc1SCC(=O)NC(=O)N(C)c1ccccc1. The molecule has 0 unspecified atom stereocenters. The molecule has 1 aromatic heterocycles. The van der Waals surface area contributed by atoms with Crippen LogP contribution in [0.15, 0.2) is 59.6 Å². The largest absolute Gasteiger partial charge is 0.328 e. The van der Waals surface area contributed by atoms with Crippen molar-refractivity contribution in [3.8, 4) is 0 Å². The molecule has 0 aliphatic carbocycles. The Hall–Kier alpha value is -2.93. The number of para-hydroxylation sites is 3. The van der Waals surface area contributed by atoms with E-state index in [4.69, 9.17) is 0 Å². The number of anilines is 1. The number of fused-ring (bicyclic) bond motifs is 1. The first-order chi connectivity index (χ1) is 12.5. The maximum atomic E-state index is 12.2. The van der Waals surface area contributed by atoms with Crippen molar-refractivity contribution in [3.05, 3.63) is 60.3 Å². The summed E-state index contributed by atoms with van der Waals surface area (Å²) in [7, 11) is 1.62. The molecule has 6 nitrogen and oxygen atoms in total. The molecule has 0 radical (unpaired) electrons. The standard InChI is InChI=1S/C19H18N4O2S/c1-13-18(21-16-11-7-6-10-15(16)20-13)26-12-17(24)22-19(25)23(2)14-8-4-3-5-9-14/h3-11H,12H2,1-2H3,(H,22,24,25). The number of hydrogen-bond donors (Lipinski definition) is 1. The Balaban J connectivity index is 1.60. The van der Waals surface area contributed by atoms with Crippen molar-refractivity contribution in [3.63, 3.8) is 0 Å². The van der Waals surface area contributed by atoms with Crippen molar-refractivity contribution in [1.29, 1.82) is 0 Å². The number of urea groups is 1. The fourth-order valence-electron chi connectivity index (χ4n) is 2.35. The number of imide groups is 1. The van der Waals surface area contributed by atoms with Crippen molar-refractivity contribution in [2.75, 3.05) is 17.7 Å². The number of hydrogen-bond acceptors (Lipinski definition) is 5. The Kier molecular flexibility index (Phi) is 5.48. The maximum Gasteiger partial charge on any atom is 0.328 e. The van der Waals surface area contributed by atoms with Gasteiger partial charge in [-0.15, -0.1) is 0 Å². The number of nitrogens with zero attached hydrogens (tertiary/aromatic N) is 3. The minimum atomic E-state index is -0.469. The Labute approximate surface area is 155 Å². The third-order valence-electron chi connectivity index (χ3n) is 3.74. The lowest BCUT2D eigenvalue weighted by Crippen LogP contribution is -2.41. The molecule has 1 N–H and O–H groups in total. The Morgan fingerprint density at radius 1 is 1.00 bits per heavy atom. The maximum absolute atomic E-state index is 12.2. The first-order valence-electron chi connectivity index (χ1n) is 8.03. The summed E-state index contributed by atoms with van der Waals surface area (Å²) in [5.41, 5.74) is 3.07. The van der Waals surface area contributed by atoms with Crippen LogP contribution in [-0.4, -0.2) is 34.7 Å². The molecule has 1 heterocycles. The summed E-state index contributed by atoms with van der Waals surface area (Å²) in [6, 6.07) is 16.2. The number of aromatic nitrogens is 2. The molecule has 132 valence electrons. The zero-order valence-corrected chi connectivity index (χ0v) is 15.3. The van der Waals surface area contributed by atoms with Gasteiger partial charge in [0.2, 0.25) is 5.91 Å². The molecule has 2 aromatic carbocycles. The van der Waals surface area contributed by atoms with Crippen LogP contribution >= 0.6 is 11.8 Å². The number of aryl methyl sites for hydroxylation is 1. The van der Waals surface area contributed by atoms with Gasteiger partial charge in [-0.2, -0.15) is 0 Å². The average Bonchev–Trinajstić information content (AvgIpc) is 2.66. The zero-order valence-electron chi connectivity index (χ0n) is 14.5. The average molecular weight is 366 g/mol. The highest BCUT2D eigenvalue weighted by atomic mass is 32.2. The van der Waals surface area contributed by atoms with Crippen LogP contribution < -0.4 is 10.2 Å². The molecule has 0 aliphatic heterocycles. The molecular formula is C19H18N4O2S. The molecule has 7 heteroatoms. The van der Waals surface area contributed by atoms with Crippen LogP contribution in [0, 0.1) is 6.92 Å². The Bertz CT molecular complexity index is 947.